The molecule has 0 aromatic heterocycles. The molecule has 1 atom stereocenters. The number of hydrogen-bond acceptors (Lipinski definition) is 2. The molecule has 19 heavy (non-hydrogen) atoms. The van der Waals surface area contributed by atoms with Gasteiger partial charge in [0.25, 0.3) is 0 Å². The van der Waals surface area contributed by atoms with E-state index in [0.29, 0.717) is 25.2 Å². The lowest BCUT2D eigenvalue weighted by atomic mass is 9.97. The average Bonchev–Trinajstić information content (AvgIpc) is 2.33. The monoisotopic (exact) mass is 336 g/mol. The molecule has 0 spiro atoms. The van der Waals surface area contributed by atoms with Gasteiger partial charge < -0.3 is 5.73 Å². The third-order valence-corrected chi connectivity index (χ3v) is 4.25. The number of alkyl halides is 3. The number of rotatable bonds is 2. The van der Waals surface area contributed by atoms with Crippen molar-refractivity contribution in [3.63, 3.8) is 0 Å². The van der Waals surface area contributed by atoms with Crippen LogP contribution < -0.4 is 5.73 Å². The van der Waals surface area contributed by atoms with Gasteiger partial charge in [-0.05, 0) is 31.5 Å². The van der Waals surface area contributed by atoms with E-state index >= 15 is 0 Å². The summed E-state index contributed by atoms with van der Waals surface area (Å²) in [5.74, 6) is -1.22. The minimum absolute atomic E-state index is 0.0598. The number of benzene rings is 1. The van der Waals surface area contributed by atoms with Crippen molar-refractivity contribution in [3.8, 4) is 0 Å². The first kappa shape index (κ1) is 14.7. The van der Waals surface area contributed by atoms with Gasteiger partial charge in [0.1, 0.15) is 0 Å². The van der Waals surface area contributed by atoms with E-state index in [9.17, 15) is 13.2 Å². The van der Waals surface area contributed by atoms with Crippen molar-refractivity contribution < 1.29 is 13.2 Å². The molecule has 2 rings (SSSR count). The molecule has 0 radical (unpaired) electrons. The third kappa shape index (κ3) is 3.63. The quantitative estimate of drug-likeness (QED) is 0.832. The van der Waals surface area contributed by atoms with Crippen LogP contribution in [0.1, 0.15) is 18.4 Å². The third-order valence-electron chi connectivity index (χ3n) is 3.51. The fraction of sp³-hybridized carbons (Fsp3) is 0.538. The van der Waals surface area contributed by atoms with Crippen molar-refractivity contribution >= 4 is 21.6 Å². The van der Waals surface area contributed by atoms with Crippen molar-refractivity contribution in [2.45, 2.75) is 25.6 Å². The van der Waals surface area contributed by atoms with E-state index in [1.165, 1.54) is 0 Å². The van der Waals surface area contributed by atoms with Crippen LogP contribution in [0.25, 0.3) is 0 Å². The maximum atomic E-state index is 12.8. The SMILES string of the molecule is Nc1cccc(Br)c1CN1CCCC(C(F)(F)F)C1. The molecule has 1 aliphatic rings. The summed E-state index contributed by atoms with van der Waals surface area (Å²) in [4.78, 5) is 1.83. The molecule has 1 aromatic carbocycles. The van der Waals surface area contributed by atoms with E-state index in [1.54, 1.807) is 6.07 Å². The Labute approximate surface area is 118 Å². The van der Waals surface area contributed by atoms with Gasteiger partial charge in [-0.1, -0.05) is 22.0 Å². The summed E-state index contributed by atoms with van der Waals surface area (Å²) in [5.41, 5.74) is 7.36. The molecule has 1 unspecified atom stereocenters. The van der Waals surface area contributed by atoms with Gasteiger partial charge in [-0.3, -0.25) is 4.90 Å². The van der Waals surface area contributed by atoms with Crippen LogP contribution in [-0.4, -0.2) is 24.2 Å². The van der Waals surface area contributed by atoms with Crippen LogP contribution in [0.3, 0.4) is 0 Å². The maximum absolute atomic E-state index is 12.8. The van der Waals surface area contributed by atoms with Crippen LogP contribution in [0.15, 0.2) is 22.7 Å². The van der Waals surface area contributed by atoms with Gasteiger partial charge in [0.2, 0.25) is 0 Å². The first-order valence-electron chi connectivity index (χ1n) is 6.20. The largest absolute Gasteiger partial charge is 0.398 e. The molecular weight excluding hydrogens is 321 g/mol. The topological polar surface area (TPSA) is 29.3 Å². The van der Waals surface area contributed by atoms with Crippen LogP contribution in [0, 0.1) is 5.92 Å². The van der Waals surface area contributed by atoms with Crippen LogP contribution in [0.4, 0.5) is 18.9 Å². The van der Waals surface area contributed by atoms with E-state index in [-0.39, 0.29) is 13.0 Å². The molecule has 0 aliphatic carbocycles. The summed E-state index contributed by atoms with van der Waals surface area (Å²) in [7, 11) is 0. The Hall–Kier alpha value is -0.750. The lowest BCUT2D eigenvalue weighted by Crippen LogP contribution is -2.41. The zero-order chi connectivity index (χ0) is 14.0. The van der Waals surface area contributed by atoms with Gasteiger partial charge in [0.05, 0.1) is 5.92 Å². The second-order valence-electron chi connectivity index (χ2n) is 4.92. The number of halogens is 4. The number of nitrogens with two attached hydrogens (primary N) is 1. The van der Waals surface area contributed by atoms with Gasteiger partial charge in [0.15, 0.2) is 0 Å². The van der Waals surface area contributed by atoms with Gasteiger partial charge in [-0.15, -0.1) is 0 Å². The molecule has 6 heteroatoms. The summed E-state index contributed by atoms with van der Waals surface area (Å²) in [6.45, 7) is 1.21. The van der Waals surface area contributed by atoms with E-state index < -0.39 is 12.1 Å². The van der Waals surface area contributed by atoms with Crippen molar-refractivity contribution in [3.05, 3.63) is 28.2 Å². The molecule has 1 aromatic rings. The number of hydrogen-bond donors (Lipinski definition) is 1. The summed E-state index contributed by atoms with van der Waals surface area (Å²) < 4.78 is 39.1. The van der Waals surface area contributed by atoms with Crippen LogP contribution in [0.2, 0.25) is 0 Å². The average molecular weight is 337 g/mol. The summed E-state index contributed by atoms with van der Waals surface area (Å²) >= 11 is 3.40. The second kappa shape index (κ2) is 5.71. The van der Waals surface area contributed by atoms with Crippen molar-refractivity contribution in [1.29, 1.82) is 0 Å². The highest BCUT2D eigenvalue weighted by molar-refractivity contribution is 9.10. The minimum Gasteiger partial charge on any atom is -0.398 e. The van der Waals surface area contributed by atoms with Gasteiger partial charge in [0, 0.05) is 28.8 Å². The highest BCUT2D eigenvalue weighted by Gasteiger charge is 2.41. The highest BCUT2D eigenvalue weighted by atomic mass is 79.9. The smallest absolute Gasteiger partial charge is 0.393 e. The van der Waals surface area contributed by atoms with Crippen molar-refractivity contribution in [2.75, 3.05) is 18.8 Å². The molecule has 2 N–H and O–H groups in total. The van der Waals surface area contributed by atoms with Gasteiger partial charge in [-0.2, -0.15) is 13.2 Å². The van der Waals surface area contributed by atoms with E-state index in [0.717, 1.165) is 10.0 Å². The zero-order valence-corrected chi connectivity index (χ0v) is 12.0. The van der Waals surface area contributed by atoms with Crippen LogP contribution >= 0.6 is 15.9 Å². The summed E-state index contributed by atoms with van der Waals surface area (Å²) in [5, 5.41) is 0. The molecule has 0 amide bonds. The molecule has 1 heterocycles. The molecule has 1 fully saturated rings. The number of nitrogen functional groups attached to an aromatic ring is 1. The predicted molar refractivity (Wildman–Crippen MR) is 72.6 cm³/mol. The van der Waals surface area contributed by atoms with E-state index in [1.807, 2.05) is 17.0 Å². The normalized spacial score (nSPS) is 21.6. The zero-order valence-electron chi connectivity index (χ0n) is 10.4. The molecule has 0 bridgehead atoms. The highest BCUT2D eigenvalue weighted by Crippen LogP contribution is 2.34. The fourth-order valence-electron chi connectivity index (χ4n) is 2.43. The Kier molecular flexibility index (Phi) is 4.40. The number of nitrogens with zero attached hydrogens (tertiary/aromatic N) is 1. The summed E-state index contributed by atoms with van der Waals surface area (Å²) in [6.07, 6.45) is -3.29. The second-order valence-corrected chi connectivity index (χ2v) is 5.78. The first-order chi connectivity index (χ1) is 8.88. The molecular formula is C13H16BrF3N2. The van der Waals surface area contributed by atoms with Gasteiger partial charge in [-0.25, -0.2) is 0 Å². The lowest BCUT2D eigenvalue weighted by Gasteiger charge is -2.34. The van der Waals surface area contributed by atoms with Crippen LogP contribution in [-0.2, 0) is 6.54 Å². The first-order valence-corrected chi connectivity index (χ1v) is 6.99. The maximum Gasteiger partial charge on any atom is 0.393 e. The molecule has 0 saturated carbocycles. The lowest BCUT2D eigenvalue weighted by molar-refractivity contribution is -0.187. The summed E-state index contributed by atoms with van der Waals surface area (Å²) in [6, 6.07) is 5.44. The predicted octanol–water partition coefficient (Wildman–Crippen LogP) is 3.81. The Morgan fingerprint density at radius 3 is 2.74 bits per heavy atom. The van der Waals surface area contributed by atoms with E-state index in [2.05, 4.69) is 15.9 Å². The molecule has 1 saturated heterocycles. The fourth-order valence-corrected chi connectivity index (χ4v) is 2.94. The standard InChI is InChI=1S/C13H16BrF3N2/c14-11-4-1-5-12(18)10(11)8-19-6-2-3-9(7-19)13(15,16)17/h1,4-5,9H,2-3,6-8,18H2. The Morgan fingerprint density at radius 2 is 2.11 bits per heavy atom. The molecule has 106 valence electrons. The Balaban J connectivity index is 2.07. The minimum atomic E-state index is -4.10. The van der Waals surface area contributed by atoms with Crippen molar-refractivity contribution in [1.82, 2.24) is 4.90 Å². The Bertz CT molecular complexity index is 428. The van der Waals surface area contributed by atoms with E-state index in [4.69, 9.17) is 5.73 Å². The molecule has 1 aliphatic heterocycles. The van der Waals surface area contributed by atoms with Crippen LogP contribution in [0.5, 0.6) is 0 Å². The number of likely N-dealkylation sites (tertiary alicyclic amines) is 1. The number of anilines is 1. The van der Waals surface area contributed by atoms with Crippen molar-refractivity contribution in [2.24, 2.45) is 5.92 Å². The molecule has 2 nitrogen and oxygen atoms in total. The number of piperidine rings is 1. The van der Waals surface area contributed by atoms with Gasteiger partial charge >= 0.3 is 6.18 Å². The Morgan fingerprint density at radius 1 is 1.37 bits per heavy atom.